The predicted octanol–water partition coefficient (Wildman–Crippen LogP) is 2.94. The molecule has 3 aliphatic rings. The van der Waals surface area contributed by atoms with Gasteiger partial charge in [-0.15, -0.1) is 0 Å². The van der Waals surface area contributed by atoms with Crippen molar-refractivity contribution in [3.8, 4) is 0 Å². The number of carbonyl (C=O) groups is 3. The number of rotatable bonds is 3. The molecule has 3 amide bonds. The van der Waals surface area contributed by atoms with Crippen LogP contribution in [0.2, 0.25) is 0 Å². The summed E-state index contributed by atoms with van der Waals surface area (Å²) in [6.45, 7) is 1.39. The average Bonchev–Trinajstić information content (AvgIpc) is 3.10. The highest BCUT2D eigenvalue weighted by atomic mass is 16.2. The van der Waals surface area contributed by atoms with Gasteiger partial charge in [-0.2, -0.15) is 0 Å². The molecule has 2 bridgehead atoms. The normalized spacial score (nSPS) is 21.2. The number of carbonyl (C=O) groups excluding carboxylic acids is 3. The summed E-state index contributed by atoms with van der Waals surface area (Å²) in [5, 5.41) is 7.89. The van der Waals surface area contributed by atoms with Crippen molar-refractivity contribution in [2.24, 2.45) is 0 Å². The first kappa shape index (κ1) is 15.6. The zero-order chi connectivity index (χ0) is 17.6. The zero-order valence-corrected chi connectivity index (χ0v) is 13.9. The van der Waals surface area contributed by atoms with Gasteiger partial charge in [0.05, 0.1) is 24.2 Å². The second-order valence-corrected chi connectivity index (χ2v) is 6.70. The molecular weight excluding hydrogens is 318 g/mol. The smallest absolute Gasteiger partial charge is 0.306 e. The van der Waals surface area contributed by atoms with Crippen molar-refractivity contribution < 1.29 is 14.4 Å². The van der Waals surface area contributed by atoms with E-state index in [1.54, 1.807) is 0 Å². The van der Waals surface area contributed by atoms with Crippen LogP contribution in [0.25, 0.3) is 10.8 Å². The molecule has 0 unspecified atom stereocenters. The quantitative estimate of drug-likeness (QED) is 0.876. The molecule has 25 heavy (non-hydrogen) atoms. The van der Waals surface area contributed by atoms with Crippen molar-refractivity contribution in [3.63, 3.8) is 0 Å². The monoisotopic (exact) mass is 337 g/mol. The van der Waals surface area contributed by atoms with Crippen molar-refractivity contribution in [2.75, 3.05) is 5.32 Å². The Bertz CT molecular complexity index is 868. The lowest BCUT2D eigenvalue weighted by Gasteiger charge is -2.27. The molecule has 6 nitrogen and oxygen atoms in total. The summed E-state index contributed by atoms with van der Waals surface area (Å²) in [5.74, 6) is -0.492. The zero-order valence-electron chi connectivity index (χ0n) is 13.9. The summed E-state index contributed by atoms with van der Waals surface area (Å²) < 4.78 is 0. The fourth-order valence-electron chi connectivity index (χ4n) is 3.70. The molecule has 0 radical (unpaired) electrons. The van der Waals surface area contributed by atoms with E-state index < -0.39 is 0 Å². The molecule has 2 saturated heterocycles. The van der Waals surface area contributed by atoms with Crippen molar-refractivity contribution in [2.45, 2.75) is 38.3 Å². The van der Waals surface area contributed by atoms with Crippen LogP contribution in [-0.2, 0) is 9.59 Å². The Morgan fingerprint density at radius 3 is 2.44 bits per heavy atom. The van der Waals surface area contributed by atoms with Crippen molar-refractivity contribution in [1.29, 1.82) is 0 Å². The van der Waals surface area contributed by atoms with E-state index in [1.807, 2.05) is 42.5 Å². The maximum atomic E-state index is 12.8. The lowest BCUT2D eigenvalue weighted by atomic mass is 9.90. The van der Waals surface area contributed by atoms with Crippen LogP contribution in [0.3, 0.4) is 0 Å². The second kappa shape index (κ2) is 5.88. The molecule has 2 aromatic carbocycles. The number of urea groups is 1. The Morgan fingerprint density at radius 2 is 1.68 bits per heavy atom. The van der Waals surface area contributed by atoms with Gasteiger partial charge in [-0.3, -0.25) is 9.59 Å². The largest absolute Gasteiger partial charge is 0.341 e. The molecule has 5 rings (SSSR count). The molecule has 0 atom stereocenters. The van der Waals surface area contributed by atoms with E-state index in [-0.39, 0.29) is 36.2 Å². The number of ketones is 1. The fourth-order valence-corrected chi connectivity index (χ4v) is 3.70. The number of benzene rings is 2. The molecule has 1 aliphatic carbocycles. The van der Waals surface area contributed by atoms with Gasteiger partial charge in [-0.05, 0) is 31.2 Å². The number of Topliss-reactive ketones (excluding diaryl/α,β-unsaturated/α-hetero) is 1. The van der Waals surface area contributed by atoms with Crippen LogP contribution >= 0.6 is 0 Å². The molecule has 3 fully saturated rings. The number of fused-ring (bicyclic) bond motifs is 2. The predicted molar refractivity (Wildman–Crippen MR) is 93.8 cm³/mol. The highest BCUT2D eigenvalue weighted by Crippen LogP contribution is 2.41. The van der Waals surface area contributed by atoms with Gasteiger partial charge in [-0.1, -0.05) is 36.4 Å². The van der Waals surface area contributed by atoms with Gasteiger partial charge >= 0.3 is 6.03 Å². The number of hydrogen-bond donors (Lipinski definition) is 1. The Balaban J connectivity index is 1.58. The third-order valence-corrected chi connectivity index (χ3v) is 4.91. The van der Waals surface area contributed by atoms with E-state index in [0.29, 0.717) is 5.69 Å². The Morgan fingerprint density at radius 1 is 1.00 bits per heavy atom. The van der Waals surface area contributed by atoms with Crippen LogP contribution in [0.5, 0.6) is 0 Å². The first-order valence-corrected chi connectivity index (χ1v) is 8.44. The van der Waals surface area contributed by atoms with Gasteiger partial charge in [0.1, 0.15) is 5.78 Å². The van der Waals surface area contributed by atoms with Gasteiger partial charge in [0, 0.05) is 5.39 Å². The van der Waals surface area contributed by atoms with Crippen LogP contribution in [-0.4, -0.2) is 39.8 Å². The highest BCUT2D eigenvalue weighted by molar-refractivity contribution is 6.03. The van der Waals surface area contributed by atoms with Crippen molar-refractivity contribution in [3.05, 3.63) is 42.5 Å². The summed E-state index contributed by atoms with van der Waals surface area (Å²) in [7, 11) is 0. The van der Waals surface area contributed by atoms with Crippen LogP contribution in [0.1, 0.15) is 26.2 Å². The first-order valence-electron chi connectivity index (χ1n) is 8.44. The lowest BCUT2D eigenvalue weighted by molar-refractivity contribution is -0.142. The van der Waals surface area contributed by atoms with Crippen molar-refractivity contribution in [1.82, 2.24) is 10.0 Å². The molecule has 6 heteroatoms. The van der Waals surface area contributed by atoms with E-state index in [2.05, 4.69) is 5.32 Å². The second-order valence-electron chi connectivity index (χ2n) is 6.70. The van der Waals surface area contributed by atoms with E-state index in [4.69, 9.17) is 0 Å². The maximum absolute atomic E-state index is 12.8. The summed E-state index contributed by atoms with van der Waals surface area (Å²) in [4.78, 5) is 36.5. The van der Waals surface area contributed by atoms with Gasteiger partial charge in [-0.25, -0.2) is 14.8 Å². The maximum Gasteiger partial charge on any atom is 0.341 e. The minimum Gasteiger partial charge on any atom is -0.306 e. The third-order valence-electron chi connectivity index (χ3n) is 4.91. The van der Waals surface area contributed by atoms with E-state index >= 15 is 0 Å². The van der Waals surface area contributed by atoms with Crippen LogP contribution in [0.15, 0.2) is 42.5 Å². The number of hydrogen-bond acceptors (Lipinski definition) is 3. The van der Waals surface area contributed by atoms with Gasteiger partial charge < -0.3 is 5.32 Å². The van der Waals surface area contributed by atoms with E-state index in [9.17, 15) is 14.4 Å². The summed E-state index contributed by atoms with van der Waals surface area (Å²) >= 11 is 0. The number of hydrazine groups is 1. The van der Waals surface area contributed by atoms with E-state index in [0.717, 1.165) is 23.6 Å². The summed E-state index contributed by atoms with van der Waals surface area (Å²) in [6.07, 6.45) is 1.40. The SMILES string of the molecule is CC(=O)CC(=O)N1C2CC(C2)N1C(=O)Nc1cccc2ccccc12. The standard InChI is InChI=1S/C19H19N3O3/c1-12(23)9-18(24)21-14-10-15(11-14)22(21)19(25)20-17-8-4-6-13-5-2-3-7-16(13)17/h2-8,14-15H,9-11H2,1H3,(H,20,25). The molecule has 1 N–H and O–H groups in total. The van der Waals surface area contributed by atoms with Crippen LogP contribution in [0.4, 0.5) is 10.5 Å². The van der Waals surface area contributed by atoms with Crippen LogP contribution < -0.4 is 5.32 Å². The molecule has 0 spiro atoms. The number of nitrogens with zero attached hydrogens (tertiary/aromatic N) is 2. The average molecular weight is 337 g/mol. The minimum absolute atomic E-state index is 0.0371. The van der Waals surface area contributed by atoms with Gasteiger partial charge in [0.2, 0.25) is 5.91 Å². The number of nitrogens with one attached hydrogen (secondary N) is 1. The molecular formula is C19H19N3O3. The van der Waals surface area contributed by atoms with E-state index in [1.165, 1.54) is 16.9 Å². The number of amides is 3. The first-order chi connectivity index (χ1) is 12.0. The van der Waals surface area contributed by atoms with Gasteiger partial charge in [0.25, 0.3) is 0 Å². The molecule has 2 heterocycles. The Kier molecular flexibility index (Phi) is 3.67. The summed E-state index contributed by atoms with van der Waals surface area (Å²) in [5.41, 5.74) is 0.714. The Labute approximate surface area is 145 Å². The lowest BCUT2D eigenvalue weighted by Crippen LogP contribution is -2.47. The van der Waals surface area contributed by atoms with Crippen LogP contribution in [0, 0.1) is 0 Å². The fraction of sp³-hybridized carbons (Fsp3) is 0.316. The van der Waals surface area contributed by atoms with Crippen molar-refractivity contribution >= 4 is 34.2 Å². The highest BCUT2D eigenvalue weighted by Gasteiger charge is 2.53. The molecule has 2 aromatic rings. The molecule has 2 aliphatic heterocycles. The minimum atomic E-state index is -0.321. The van der Waals surface area contributed by atoms with Gasteiger partial charge in [0.15, 0.2) is 0 Å². The molecule has 128 valence electrons. The topological polar surface area (TPSA) is 69.7 Å². The molecule has 1 saturated carbocycles. The molecule has 0 aromatic heterocycles. The number of anilines is 1. The Hall–Kier alpha value is -2.89. The summed E-state index contributed by atoms with van der Waals surface area (Å²) in [6, 6.07) is 13.3. The third kappa shape index (κ3) is 2.63.